The van der Waals surface area contributed by atoms with Gasteiger partial charge in [0, 0.05) is 55.4 Å². The van der Waals surface area contributed by atoms with Crippen molar-refractivity contribution in [2.24, 2.45) is 11.8 Å². The number of aromatic nitrogens is 1. The molecule has 63 heavy (non-hydrogen) atoms. The predicted octanol–water partition coefficient (Wildman–Crippen LogP) is 7.62. The van der Waals surface area contributed by atoms with Crippen molar-refractivity contribution in [2.45, 2.75) is 65.7 Å². The first-order valence-corrected chi connectivity index (χ1v) is 25.3. The molecule has 1 aromatic heterocycles. The molecule has 1 aliphatic heterocycles. The Labute approximate surface area is 367 Å². The Balaban J connectivity index is 1.27. The quantitative estimate of drug-likeness (QED) is 0.0800. The maximum absolute atomic E-state index is 12.8. The minimum atomic E-state index is -4.97. The summed E-state index contributed by atoms with van der Waals surface area (Å²) in [6, 6.07) is 21.4. The smallest absolute Gasteiger partial charge is 0.307 e. The topological polar surface area (TPSA) is 211 Å². The van der Waals surface area contributed by atoms with E-state index in [2.05, 4.69) is 10.7 Å². The fourth-order valence-electron chi connectivity index (χ4n) is 9.81. The number of carboxylic acids is 1. The van der Waals surface area contributed by atoms with Crippen LogP contribution in [0.3, 0.4) is 0 Å². The summed E-state index contributed by atoms with van der Waals surface area (Å²) < 4.78 is 112. The molecule has 0 amide bonds. The molecule has 2 unspecified atom stereocenters. The maximum atomic E-state index is 12.8. The van der Waals surface area contributed by atoms with E-state index in [0.29, 0.717) is 33.6 Å². The summed E-state index contributed by atoms with van der Waals surface area (Å²) in [5.41, 5.74) is 5.28. The first-order chi connectivity index (χ1) is 29.9. The molecular formula is C46H40N2O11S4. The lowest BCUT2D eigenvalue weighted by molar-refractivity contribution is -0.430. The molecule has 6 aromatic rings. The predicted molar refractivity (Wildman–Crippen MR) is 240 cm³/mol. The summed E-state index contributed by atoms with van der Waals surface area (Å²) in [7, 11) is -14.6. The molecule has 3 N–H and O–H groups in total. The molecule has 17 heteroatoms. The molecule has 9 rings (SSSR count). The van der Waals surface area contributed by atoms with Gasteiger partial charge >= 0.3 is 5.97 Å². The lowest BCUT2D eigenvalue weighted by Gasteiger charge is -2.27. The lowest BCUT2D eigenvalue weighted by Crippen LogP contribution is -2.17. The van der Waals surface area contributed by atoms with Crippen LogP contribution < -0.4 is 5.35 Å². The van der Waals surface area contributed by atoms with Gasteiger partial charge in [-0.15, -0.1) is 0 Å². The Morgan fingerprint density at radius 1 is 0.810 bits per heavy atom. The van der Waals surface area contributed by atoms with Crippen molar-refractivity contribution in [1.82, 2.24) is 4.57 Å². The van der Waals surface area contributed by atoms with Crippen molar-refractivity contribution in [3.8, 4) is 0 Å². The van der Waals surface area contributed by atoms with E-state index in [9.17, 15) is 48.8 Å². The number of benzene rings is 5. The van der Waals surface area contributed by atoms with E-state index in [-0.39, 0.29) is 46.0 Å². The minimum Gasteiger partial charge on any atom is -0.744 e. The molecular weight excluding hydrogens is 885 g/mol. The van der Waals surface area contributed by atoms with E-state index >= 15 is 0 Å². The van der Waals surface area contributed by atoms with Gasteiger partial charge in [0.05, 0.1) is 27.8 Å². The number of aliphatic carboxylic acids is 1. The van der Waals surface area contributed by atoms with Crippen molar-refractivity contribution in [3.63, 3.8) is 0 Å². The Morgan fingerprint density at radius 2 is 1.48 bits per heavy atom. The molecule has 1 saturated carbocycles. The van der Waals surface area contributed by atoms with Gasteiger partial charge in [-0.05, 0) is 98.1 Å². The van der Waals surface area contributed by atoms with Gasteiger partial charge in [-0.1, -0.05) is 66.4 Å². The van der Waals surface area contributed by atoms with E-state index in [1.807, 2.05) is 50.3 Å². The highest BCUT2D eigenvalue weighted by atomic mass is 32.2. The van der Waals surface area contributed by atoms with Crippen LogP contribution in [0.1, 0.15) is 44.2 Å². The van der Waals surface area contributed by atoms with Crippen LogP contribution in [0, 0.1) is 11.8 Å². The first-order valence-electron chi connectivity index (χ1n) is 20.2. The molecule has 5 aromatic carbocycles. The number of carboxylic acid groups (broad SMARTS) is 1. The molecule has 13 nitrogen and oxygen atoms in total. The van der Waals surface area contributed by atoms with Crippen molar-refractivity contribution in [2.75, 3.05) is 6.54 Å². The second kappa shape index (κ2) is 15.7. The third-order valence-electron chi connectivity index (χ3n) is 12.4. The molecule has 324 valence electrons. The molecule has 0 radical (unpaired) electrons. The number of allylic oxidation sites excluding steroid dienone is 5. The van der Waals surface area contributed by atoms with Gasteiger partial charge in [0.15, 0.2) is 0 Å². The number of rotatable bonds is 12. The van der Waals surface area contributed by atoms with Gasteiger partial charge in [0.1, 0.15) is 26.5 Å². The highest BCUT2D eigenvalue weighted by Gasteiger charge is 2.38. The van der Waals surface area contributed by atoms with Crippen molar-refractivity contribution in [1.29, 1.82) is 0 Å². The van der Waals surface area contributed by atoms with E-state index in [1.165, 1.54) is 12.1 Å². The molecule has 2 bridgehead atoms. The highest BCUT2D eigenvalue weighted by Crippen LogP contribution is 2.53. The van der Waals surface area contributed by atoms with Crippen LogP contribution in [0.5, 0.6) is 0 Å². The van der Waals surface area contributed by atoms with Crippen LogP contribution in [0.15, 0.2) is 133 Å². The number of aryl methyl sites for hydroxylation is 1. The Morgan fingerprint density at radius 3 is 2.13 bits per heavy atom. The summed E-state index contributed by atoms with van der Waals surface area (Å²) in [5.74, 6) is -0.612. The third kappa shape index (κ3) is 7.44. The Bertz CT molecular complexity index is 3510. The van der Waals surface area contributed by atoms with Gasteiger partial charge in [-0.3, -0.25) is 13.9 Å². The zero-order valence-corrected chi connectivity index (χ0v) is 37.1. The molecule has 2 heterocycles. The number of fused-ring (bicyclic) bond motifs is 2. The summed E-state index contributed by atoms with van der Waals surface area (Å²) in [5, 5.41) is 11.9. The van der Waals surface area contributed by atoms with Crippen LogP contribution in [0.2, 0.25) is 0 Å². The zero-order chi connectivity index (χ0) is 44.7. The fraction of sp³-hybridized carbons (Fsp3) is 0.217. The van der Waals surface area contributed by atoms with E-state index in [0.717, 1.165) is 63.2 Å². The average Bonchev–Trinajstić information content (AvgIpc) is 3.89. The van der Waals surface area contributed by atoms with Crippen molar-refractivity contribution >= 4 is 98.0 Å². The molecule has 0 saturated heterocycles. The first kappa shape index (κ1) is 42.9. The Hall–Kier alpha value is -5.40. The van der Waals surface area contributed by atoms with Crippen LogP contribution >= 0.6 is 11.8 Å². The molecule has 2 aliphatic carbocycles. The van der Waals surface area contributed by atoms with Crippen LogP contribution in [-0.2, 0) is 48.1 Å². The maximum Gasteiger partial charge on any atom is 0.307 e. The van der Waals surface area contributed by atoms with E-state index in [4.69, 9.17) is 0 Å². The van der Waals surface area contributed by atoms with Gasteiger partial charge < -0.3 is 14.2 Å². The zero-order valence-electron chi connectivity index (χ0n) is 33.8. The van der Waals surface area contributed by atoms with Gasteiger partial charge in [0.25, 0.3) is 20.2 Å². The molecule has 2 atom stereocenters. The average molecular weight is 925 g/mol. The number of thioether (sulfide) groups is 1. The van der Waals surface area contributed by atoms with E-state index < -0.39 is 46.1 Å². The number of carbonyl (C=O) groups is 1. The van der Waals surface area contributed by atoms with Gasteiger partial charge in [0.2, 0.25) is 11.4 Å². The molecule has 1 fully saturated rings. The fourth-order valence-corrected chi connectivity index (χ4v) is 13.2. The lowest BCUT2D eigenvalue weighted by atomic mass is 9.84. The molecule has 3 aliphatic rings. The highest BCUT2D eigenvalue weighted by molar-refractivity contribution is 8.03. The summed E-state index contributed by atoms with van der Waals surface area (Å²) in [4.78, 5) is 11.8. The summed E-state index contributed by atoms with van der Waals surface area (Å²) >= 11 is 1.55. The summed E-state index contributed by atoms with van der Waals surface area (Å²) in [6.45, 7) is 4.62. The number of nitrogens with zero attached hydrogens (tertiary/aromatic N) is 2. The van der Waals surface area contributed by atoms with Crippen LogP contribution in [0.4, 0.5) is 5.69 Å². The van der Waals surface area contributed by atoms with Crippen molar-refractivity contribution < 1.29 is 53.4 Å². The standard InChI is InChI=1S/C46H40N2O11S4/c1-3-47-36(32-7-5-9-34-39(61(51,52)53)22-21-38(47)43(32)34)19-17-30-27-13-14-28(24-27)31(46(30)60-29-15-11-26(12-16-29)23-42(49)50)18-20-37-33-8-6-10-35-40(62(54,55)56)25-41(63(57,58)59)45(44(33)35)48(37)4-2/h5-12,15-22,25,27-28H,3-4,13-14,23-24H2,1-2H3,(H3-,49,50,51,52,53,54,55,56,57,58,59). The van der Waals surface area contributed by atoms with Crippen LogP contribution in [0.25, 0.3) is 38.5 Å². The number of hydrogen-bond acceptors (Lipinski definition) is 9. The monoisotopic (exact) mass is 924 g/mol. The van der Waals surface area contributed by atoms with E-state index in [1.54, 1.807) is 58.8 Å². The van der Waals surface area contributed by atoms with Crippen molar-refractivity contribution in [3.05, 3.63) is 130 Å². The summed E-state index contributed by atoms with van der Waals surface area (Å²) in [6.07, 6.45) is 10.6. The molecule has 0 spiro atoms. The second-order valence-corrected chi connectivity index (χ2v) is 21.1. The van der Waals surface area contributed by atoms with Crippen LogP contribution in [-0.4, -0.2) is 71.4 Å². The largest absolute Gasteiger partial charge is 0.744 e. The third-order valence-corrected chi connectivity index (χ3v) is 16.2. The SMILES string of the molecule is CCn1/c(=C/C=C2C(Sc3ccc(CC(=O)O)cc3)=C(/C=C/C3=[N+](CC)c4ccc(S(=O)(=O)[O-])c5cccc3c45)C3CCC/2C3)c2cccc3c(S(=O)(=O)O)cc(S(=O)(=O)O)c1c32. The van der Waals surface area contributed by atoms with Gasteiger partial charge in [-0.25, -0.2) is 8.42 Å². The number of hydrogen-bond donors (Lipinski definition) is 3. The Kier molecular flexibility index (Phi) is 10.7. The second-order valence-electron chi connectivity index (χ2n) is 15.9. The van der Waals surface area contributed by atoms with Gasteiger partial charge in [-0.2, -0.15) is 21.4 Å². The normalized spacial score (nSPS) is 19.1. The minimum absolute atomic E-state index is 0.104.